The number of esters is 1. The van der Waals surface area contributed by atoms with Crippen LogP contribution in [-0.4, -0.2) is 21.8 Å². The number of para-hydroxylation sites is 1. The third-order valence-electron chi connectivity index (χ3n) is 4.98. The van der Waals surface area contributed by atoms with Gasteiger partial charge in [0.1, 0.15) is 11.3 Å². The molecular formula is C25H15ClIN3O4. The number of fused-ring (bicyclic) bond motifs is 2. The Balaban J connectivity index is 1.65. The molecule has 0 spiro atoms. The Hall–Kier alpha value is -3.50. The van der Waals surface area contributed by atoms with Crippen molar-refractivity contribution in [3.63, 3.8) is 0 Å². The summed E-state index contributed by atoms with van der Waals surface area (Å²) < 4.78 is 13.1. The zero-order valence-corrected chi connectivity index (χ0v) is 20.6. The highest BCUT2D eigenvalue weighted by Gasteiger charge is 2.16. The molecule has 0 unspecified atom stereocenters. The topological polar surface area (TPSA) is 86.7 Å². The number of aromatic nitrogens is 2. The number of nitrogens with zero attached hydrogens (tertiary/aromatic N) is 3. The third kappa shape index (κ3) is 4.34. The number of rotatable bonds is 4. The quantitative estimate of drug-likeness (QED) is 0.114. The highest BCUT2D eigenvalue weighted by molar-refractivity contribution is 14.1. The van der Waals surface area contributed by atoms with Gasteiger partial charge in [0.15, 0.2) is 5.76 Å². The van der Waals surface area contributed by atoms with Gasteiger partial charge < -0.3 is 9.15 Å². The Morgan fingerprint density at radius 2 is 1.97 bits per heavy atom. The maximum absolute atomic E-state index is 13.3. The maximum Gasteiger partial charge on any atom is 0.308 e. The van der Waals surface area contributed by atoms with Crippen LogP contribution in [0.4, 0.5) is 0 Å². The summed E-state index contributed by atoms with van der Waals surface area (Å²) >= 11 is 8.19. The molecule has 0 N–H and O–H groups in total. The molecule has 0 amide bonds. The number of halogens is 2. The summed E-state index contributed by atoms with van der Waals surface area (Å²) in [5.41, 5.74) is 1.53. The van der Waals surface area contributed by atoms with Gasteiger partial charge in [-0.2, -0.15) is 9.78 Å². The lowest BCUT2D eigenvalue weighted by Crippen LogP contribution is -2.20. The van der Waals surface area contributed by atoms with E-state index in [1.807, 2.05) is 6.07 Å². The van der Waals surface area contributed by atoms with E-state index < -0.39 is 5.97 Å². The molecule has 0 saturated carbocycles. The zero-order valence-electron chi connectivity index (χ0n) is 17.7. The van der Waals surface area contributed by atoms with Gasteiger partial charge in [-0.15, -0.1) is 0 Å². The monoisotopic (exact) mass is 583 g/mol. The molecule has 5 aromatic rings. The van der Waals surface area contributed by atoms with Gasteiger partial charge in [0.05, 0.1) is 20.7 Å². The van der Waals surface area contributed by atoms with Crippen LogP contribution in [0, 0.1) is 3.57 Å². The van der Waals surface area contributed by atoms with Crippen molar-refractivity contribution in [1.82, 2.24) is 9.66 Å². The molecule has 0 atom stereocenters. The first kappa shape index (κ1) is 22.3. The minimum atomic E-state index is -0.398. The second kappa shape index (κ2) is 9.03. The van der Waals surface area contributed by atoms with E-state index in [1.165, 1.54) is 11.6 Å². The molecule has 2 heterocycles. The molecule has 7 nitrogen and oxygen atoms in total. The summed E-state index contributed by atoms with van der Waals surface area (Å²) in [4.78, 5) is 29.3. The lowest BCUT2D eigenvalue weighted by atomic mass is 10.2. The first-order chi connectivity index (χ1) is 16.4. The van der Waals surface area contributed by atoms with Crippen molar-refractivity contribution in [2.45, 2.75) is 6.92 Å². The van der Waals surface area contributed by atoms with Crippen LogP contribution in [0.25, 0.3) is 33.5 Å². The van der Waals surface area contributed by atoms with Crippen molar-refractivity contribution in [1.29, 1.82) is 0 Å². The van der Waals surface area contributed by atoms with E-state index in [9.17, 15) is 9.59 Å². The number of hydrogen-bond acceptors (Lipinski definition) is 6. The fourth-order valence-corrected chi connectivity index (χ4v) is 4.30. The van der Waals surface area contributed by atoms with Gasteiger partial charge in [-0.05, 0) is 82.8 Å². The third-order valence-corrected chi connectivity index (χ3v) is 6.06. The van der Waals surface area contributed by atoms with E-state index in [1.54, 1.807) is 66.9 Å². The van der Waals surface area contributed by atoms with Crippen molar-refractivity contribution in [2.75, 3.05) is 0 Å². The first-order valence-corrected chi connectivity index (χ1v) is 11.6. The summed E-state index contributed by atoms with van der Waals surface area (Å²) in [6, 6.07) is 19.3. The van der Waals surface area contributed by atoms with Crippen LogP contribution in [-0.2, 0) is 4.79 Å². The summed E-state index contributed by atoms with van der Waals surface area (Å²) in [5.74, 6) is 0.705. The van der Waals surface area contributed by atoms with Crippen molar-refractivity contribution in [2.24, 2.45) is 5.10 Å². The van der Waals surface area contributed by atoms with E-state index in [4.69, 9.17) is 20.8 Å². The average molecular weight is 584 g/mol. The SMILES string of the molecule is CC(=O)Oc1ccc(C=Nn2c(-c3cc4cc(Cl)ccc4o3)nc3ccccc3c2=O)cc1I. The van der Waals surface area contributed by atoms with Crippen LogP contribution in [0.5, 0.6) is 5.75 Å². The molecular weight excluding hydrogens is 569 g/mol. The van der Waals surface area contributed by atoms with Gasteiger partial charge >= 0.3 is 5.97 Å². The number of carbonyl (C=O) groups excluding carboxylic acids is 1. The molecule has 9 heteroatoms. The molecule has 0 fully saturated rings. The lowest BCUT2D eigenvalue weighted by molar-refractivity contribution is -0.131. The van der Waals surface area contributed by atoms with Crippen molar-refractivity contribution < 1.29 is 13.9 Å². The van der Waals surface area contributed by atoms with Crippen LogP contribution in [0.15, 0.2) is 81.0 Å². The zero-order chi connectivity index (χ0) is 23.8. The summed E-state index contributed by atoms with van der Waals surface area (Å²) in [6.07, 6.45) is 1.54. The Bertz CT molecular complexity index is 1670. The van der Waals surface area contributed by atoms with Crippen molar-refractivity contribution >= 4 is 68.2 Å². The Kier molecular flexibility index (Phi) is 5.93. The molecule has 168 valence electrons. The normalized spacial score (nSPS) is 11.5. The van der Waals surface area contributed by atoms with Gasteiger partial charge in [-0.1, -0.05) is 23.7 Å². The van der Waals surface area contributed by atoms with Crippen molar-refractivity contribution in [3.05, 3.63) is 91.2 Å². The number of ether oxygens (including phenoxy) is 1. The second-order valence-electron chi connectivity index (χ2n) is 7.39. The van der Waals surface area contributed by atoms with E-state index in [0.717, 1.165) is 8.96 Å². The van der Waals surface area contributed by atoms with E-state index in [-0.39, 0.29) is 11.4 Å². The summed E-state index contributed by atoms with van der Waals surface area (Å²) in [6.45, 7) is 1.35. The lowest BCUT2D eigenvalue weighted by Gasteiger charge is -2.08. The van der Waals surface area contributed by atoms with Gasteiger partial charge in [0.25, 0.3) is 5.56 Å². The highest BCUT2D eigenvalue weighted by atomic mass is 127. The van der Waals surface area contributed by atoms with Crippen molar-refractivity contribution in [3.8, 4) is 17.3 Å². The van der Waals surface area contributed by atoms with Gasteiger partial charge in [0, 0.05) is 17.3 Å². The minimum absolute atomic E-state index is 0.263. The summed E-state index contributed by atoms with van der Waals surface area (Å²) in [7, 11) is 0. The van der Waals surface area contributed by atoms with Gasteiger partial charge in [-0.3, -0.25) is 9.59 Å². The fourth-order valence-electron chi connectivity index (χ4n) is 3.47. The van der Waals surface area contributed by atoms with Gasteiger partial charge in [0.2, 0.25) is 5.82 Å². The standard InChI is InChI=1S/C25H15ClIN3O4/c1-14(31)33-22-8-6-15(10-19(22)27)13-28-30-24(29-20-5-3-2-4-18(20)25(30)32)23-12-16-11-17(26)7-9-21(16)34-23/h2-13H,1H3. The highest BCUT2D eigenvalue weighted by Crippen LogP contribution is 2.29. The Morgan fingerprint density at radius 1 is 1.15 bits per heavy atom. The number of benzene rings is 3. The molecule has 0 bridgehead atoms. The smallest absolute Gasteiger partial charge is 0.308 e. The average Bonchev–Trinajstić information content (AvgIpc) is 3.23. The molecule has 0 aliphatic rings. The molecule has 0 saturated heterocycles. The molecule has 34 heavy (non-hydrogen) atoms. The molecule has 2 aromatic heterocycles. The first-order valence-electron chi connectivity index (χ1n) is 10.1. The molecule has 0 aliphatic carbocycles. The van der Waals surface area contributed by atoms with E-state index in [2.05, 4.69) is 32.7 Å². The molecule has 0 aliphatic heterocycles. The largest absolute Gasteiger partial charge is 0.453 e. The minimum Gasteiger partial charge on any atom is -0.453 e. The number of furan rings is 1. The summed E-state index contributed by atoms with van der Waals surface area (Å²) in [5, 5.41) is 6.24. The molecule has 3 aromatic carbocycles. The van der Waals surface area contributed by atoms with E-state index in [0.29, 0.717) is 38.6 Å². The van der Waals surface area contributed by atoms with Crippen LogP contribution in [0.3, 0.4) is 0 Å². The Morgan fingerprint density at radius 3 is 2.76 bits per heavy atom. The van der Waals surface area contributed by atoms with Gasteiger partial charge in [-0.25, -0.2) is 4.98 Å². The molecule has 0 radical (unpaired) electrons. The fraction of sp³-hybridized carbons (Fsp3) is 0.0400. The predicted molar refractivity (Wildman–Crippen MR) is 140 cm³/mol. The van der Waals surface area contributed by atoms with Crippen LogP contribution < -0.4 is 10.3 Å². The number of hydrogen-bond donors (Lipinski definition) is 0. The predicted octanol–water partition coefficient (Wildman–Crippen LogP) is 5.88. The second-order valence-corrected chi connectivity index (χ2v) is 8.99. The van der Waals surface area contributed by atoms with Crippen LogP contribution in [0.2, 0.25) is 5.02 Å². The molecule has 5 rings (SSSR count). The number of carbonyl (C=O) groups is 1. The van der Waals surface area contributed by atoms with Crippen LogP contribution in [0.1, 0.15) is 12.5 Å². The van der Waals surface area contributed by atoms with Crippen LogP contribution >= 0.6 is 34.2 Å². The maximum atomic E-state index is 13.3. The van der Waals surface area contributed by atoms with E-state index >= 15 is 0 Å². The Labute approximate surface area is 211 Å².